The van der Waals surface area contributed by atoms with E-state index in [4.69, 9.17) is 9.47 Å². The highest BCUT2D eigenvalue weighted by atomic mass is 19.3. The van der Waals surface area contributed by atoms with Crippen molar-refractivity contribution in [3.05, 3.63) is 24.3 Å². The van der Waals surface area contributed by atoms with Crippen molar-refractivity contribution in [2.45, 2.75) is 38.3 Å². The van der Waals surface area contributed by atoms with Crippen LogP contribution in [0.3, 0.4) is 0 Å². The summed E-state index contributed by atoms with van der Waals surface area (Å²) in [5.74, 6) is 0.789. The predicted octanol–water partition coefficient (Wildman–Crippen LogP) is 2.72. The summed E-state index contributed by atoms with van der Waals surface area (Å²) in [5, 5.41) is 0. The lowest BCUT2D eigenvalue weighted by Gasteiger charge is -2.25. The molecular formula is C15H19F2NO3. The summed E-state index contributed by atoms with van der Waals surface area (Å²) in [5.41, 5.74) is 0. The van der Waals surface area contributed by atoms with Crippen molar-refractivity contribution < 1.29 is 23.0 Å². The number of carbonyl (C=O) groups excluding carboxylic acids is 1. The number of hydrogen-bond acceptors (Lipinski definition) is 3. The van der Waals surface area contributed by atoms with Crippen molar-refractivity contribution in [3.63, 3.8) is 0 Å². The normalized spacial score (nSPS) is 15.7. The molecular weight excluding hydrogens is 280 g/mol. The van der Waals surface area contributed by atoms with Gasteiger partial charge < -0.3 is 14.4 Å². The Hall–Kier alpha value is -1.85. The molecule has 0 radical (unpaired) electrons. The Labute approximate surface area is 122 Å². The maximum absolute atomic E-state index is 12.6. The van der Waals surface area contributed by atoms with E-state index in [9.17, 15) is 13.6 Å². The number of benzene rings is 1. The van der Waals surface area contributed by atoms with Crippen molar-refractivity contribution >= 4 is 5.91 Å². The number of alkyl halides is 2. The lowest BCUT2D eigenvalue weighted by atomic mass is 10.3. The molecule has 0 unspecified atom stereocenters. The molecule has 2 rings (SSSR count). The van der Waals surface area contributed by atoms with E-state index in [1.54, 1.807) is 38.3 Å². The van der Waals surface area contributed by atoms with Gasteiger partial charge in [-0.15, -0.1) is 0 Å². The van der Waals surface area contributed by atoms with Gasteiger partial charge in [-0.25, -0.2) is 8.78 Å². The third kappa shape index (κ3) is 4.31. The second-order valence-corrected chi connectivity index (χ2v) is 5.05. The molecule has 0 spiro atoms. The van der Waals surface area contributed by atoms with Crippen molar-refractivity contribution in [2.24, 2.45) is 0 Å². The van der Waals surface area contributed by atoms with Gasteiger partial charge in [-0.05, 0) is 44.0 Å². The second kappa shape index (κ2) is 6.74. The third-order valence-corrected chi connectivity index (χ3v) is 3.33. The molecule has 1 fully saturated rings. The van der Waals surface area contributed by atoms with Crippen LogP contribution in [0.25, 0.3) is 0 Å². The van der Waals surface area contributed by atoms with E-state index in [0.29, 0.717) is 11.5 Å². The number of rotatable bonds is 7. The number of hydrogen-bond donors (Lipinski definition) is 0. The van der Waals surface area contributed by atoms with Crippen LogP contribution in [-0.2, 0) is 4.79 Å². The summed E-state index contributed by atoms with van der Waals surface area (Å²) < 4.78 is 35.7. The topological polar surface area (TPSA) is 38.8 Å². The number of methoxy groups -OCH3 is 1. The van der Waals surface area contributed by atoms with Gasteiger partial charge in [0.05, 0.1) is 13.7 Å². The Morgan fingerprint density at radius 1 is 1.29 bits per heavy atom. The van der Waals surface area contributed by atoms with Crippen LogP contribution < -0.4 is 9.47 Å². The minimum atomic E-state index is -2.53. The SMILES string of the molecule is COc1ccc(O[C@@H](C)C(=O)N(CC(F)F)C2CC2)cc1. The number of carbonyl (C=O) groups is 1. The lowest BCUT2D eigenvalue weighted by Crippen LogP contribution is -2.44. The molecule has 1 atom stereocenters. The molecule has 1 aliphatic carbocycles. The highest BCUT2D eigenvalue weighted by molar-refractivity contribution is 5.81. The highest BCUT2D eigenvalue weighted by Crippen LogP contribution is 2.28. The average molecular weight is 299 g/mol. The molecule has 0 N–H and O–H groups in total. The summed E-state index contributed by atoms with van der Waals surface area (Å²) in [4.78, 5) is 13.5. The van der Waals surface area contributed by atoms with Gasteiger partial charge in [-0.2, -0.15) is 0 Å². The Morgan fingerprint density at radius 2 is 1.86 bits per heavy atom. The van der Waals surface area contributed by atoms with E-state index in [0.717, 1.165) is 12.8 Å². The molecule has 4 nitrogen and oxygen atoms in total. The Balaban J connectivity index is 1.96. The smallest absolute Gasteiger partial charge is 0.263 e. The zero-order valence-electron chi connectivity index (χ0n) is 12.1. The second-order valence-electron chi connectivity index (χ2n) is 5.05. The fourth-order valence-electron chi connectivity index (χ4n) is 2.10. The monoisotopic (exact) mass is 299 g/mol. The molecule has 1 aromatic carbocycles. The van der Waals surface area contributed by atoms with Crippen molar-refractivity contribution in [3.8, 4) is 11.5 Å². The standard InChI is InChI=1S/C15H19F2NO3/c1-10(21-13-7-5-12(20-2)6-8-13)15(19)18(9-14(16)17)11-3-4-11/h5-8,10-11,14H,3-4,9H2,1-2H3/t10-/m0/s1. The number of nitrogens with zero attached hydrogens (tertiary/aromatic N) is 1. The lowest BCUT2D eigenvalue weighted by molar-refractivity contribution is -0.140. The van der Waals surface area contributed by atoms with Crippen molar-refractivity contribution in [1.82, 2.24) is 4.90 Å². The first-order chi connectivity index (χ1) is 10.0. The van der Waals surface area contributed by atoms with E-state index in [-0.39, 0.29) is 6.04 Å². The maximum atomic E-state index is 12.6. The summed E-state index contributed by atoms with van der Waals surface area (Å²) in [6.45, 7) is 1.05. The number of amides is 1. The van der Waals surface area contributed by atoms with E-state index in [2.05, 4.69) is 0 Å². The van der Waals surface area contributed by atoms with Gasteiger partial charge in [0.15, 0.2) is 6.10 Å². The molecule has 1 saturated carbocycles. The molecule has 0 aliphatic heterocycles. The van der Waals surface area contributed by atoms with Gasteiger partial charge in [-0.3, -0.25) is 4.79 Å². The summed E-state index contributed by atoms with van der Waals surface area (Å²) in [6.07, 6.45) is -1.75. The predicted molar refractivity (Wildman–Crippen MR) is 73.8 cm³/mol. The Morgan fingerprint density at radius 3 is 2.33 bits per heavy atom. The van der Waals surface area contributed by atoms with E-state index in [1.165, 1.54) is 4.90 Å². The first kappa shape index (κ1) is 15.5. The molecule has 1 aliphatic rings. The van der Waals surface area contributed by atoms with Crippen LogP contribution in [0.1, 0.15) is 19.8 Å². The van der Waals surface area contributed by atoms with Gasteiger partial charge in [0.1, 0.15) is 11.5 Å². The van der Waals surface area contributed by atoms with Crippen LogP contribution in [0.2, 0.25) is 0 Å². The summed E-state index contributed by atoms with van der Waals surface area (Å²) >= 11 is 0. The zero-order valence-corrected chi connectivity index (χ0v) is 12.1. The number of halogens is 2. The third-order valence-electron chi connectivity index (χ3n) is 3.33. The fraction of sp³-hybridized carbons (Fsp3) is 0.533. The van der Waals surface area contributed by atoms with Gasteiger partial charge >= 0.3 is 0 Å². The molecule has 1 amide bonds. The van der Waals surface area contributed by atoms with Gasteiger partial charge in [0, 0.05) is 6.04 Å². The first-order valence-electron chi connectivity index (χ1n) is 6.90. The minimum Gasteiger partial charge on any atom is -0.497 e. The van der Waals surface area contributed by atoms with Crippen LogP contribution in [0.15, 0.2) is 24.3 Å². The molecule has 0 saturated heterocycles. The molecule has 0 heterocycles. The zero-order chi connectivity index (χ0) is 15.4. The summed E-state index contributed by atoms with van der Waals surface area (Å²) in [7, 11) is 1.56. The maximum Gasteiger partial charge on any atom is 0.263 e. The number of ether oxygens (including phenoxy) is 2. The van der Waals surface area contributed by atoms with Crippen LogP contribution >= 0.6 is 0 Å². The Bertz CT molecular complexity index is 474. The van der Waals surface area contributed by atoms with E-state index in [1.807, 2.05) is 0 Å². The largest absolute Gasteiger partial charge is 0.497 e. The van der Waals surface area contributed by atoms with E-state index >= 15 is 0 Å². The van der Waals surface area contributed by atoms with Crippen LogP contribution in [0, 0.1) is 0 Å². The molecule has 116 valence electrons. The fourth-order valence-corrected chi connectivity index (χ4v) is 2.10. The van der Waals surface area contributed by atoms with Crippen LogP contribution in [0.5, 0.6) is 11.5 Å². The van der Waals surface area contributed by atoms with Crippen molar-refractivity contribution in [2.75, 3.05) is 13.7 Å². The van der Waals surface area contributed by atoms with Crippen molar-refractivity contribution in [1.29, 1.82) is 0 Å². The molecule has 0 aromatic heterocycles. The van der Waals surface area contributed by atoms with E-state index < -0.39 is 25.0 Å². The molecule has 0 bridgehead atoms. The minimum absolute atomic E-state index is 0.0617. The highest BCUT2D eigenvalue weighted by Gasteiger charge is 2.36. The molecule has 6 heteroatoms. The first-order valence-corrected chi connectivity index (χ1v) is 6.90. The quantitative estimate of drug-likeness (QED) is 0.777. The molecule has 1 aromatic rings. The van der Waals surface area contributed by atoms with Crippen LogP contribution in [0.4, 0.5) is 8.78 Å². The Kier molecular flexibility index (Phi) is 4.98. The van der Waals surface area contributed by atoms with Gasteiger partial charge in [0.25, 0.3) is 12.3 Å². The average Bonchev–Trinajstić information content (AvgIpc) is 3.29. The summed E-state index contributed by atoms with van der Waals surface area (Å²) in [6, 6.07) is 6.72. The van der Waals surface area contributed by atoms with Gasteiger partial charge in [-0.1, -0.05) is 0 Å². The molecule has 21 heavy (non-hydrogen) atoms. The van der Waals surface area contributed by atoms with Gasteiger partial charge in [0.2, 0.25) is 0 Å². The van der Waals surface area contributed by atoms with Crippen LogP contribution in [-0.4, -0.2) is 43.0 Å².